The van der Waals surface area contributed by atoms with Crippen LogP contribution in [0.2, 0.25) is 0 Å². The molecule has 0 bridgehead atoms. The first-order valence-electron chi connectivity index (χ1n) is 7.76. The Morgan fingerprint density at radius 1 is 1.04 bits per heavy atom. The number of hydrogen-bond acceptors (Lipinski definition) is 3. The summed E-state index contributed by atoms with van der Waals surface area (Å²) in [5.41, 5.74) is 2.42. The van der Waals surface area contributed by atoms with Crippen molar-refractivity contribution < 1.29 is 14.3 Å². The summed E-state index contributed by atoms with van der Waals surface area (Å²) in [6, 6.07) is 15.3. The maximum Gasteiger partial charge on any atom is 0.260 e. The number of ether oxygens (including phenoxy) is 2. The topological polar surface area (TPSA) is 47.6 Å². The highest BCUT2D eigenvalue weighted by Gasteiger charge is 2.13. The van der Waals surface area contributed by atoms with Crippen LogP contribution in [0.4, 0.5) is 0 Å². The zero-order chi connectivity index (χ0) is 16.7. The van der Waals surface area contributed by atoms with Crippen molar-refractivity contribution in [3.05, 3.63) is 59.7 Å². The molecule has 0 fully saturated rings. The van der Waals surface area contributed by atoms with Gasteiger partial charge in [0.1, 0.15) is 18.1 Å². The van der Waals surface area contributed by atoms with Crippen molar-refractivity contribution in [3.63, 3.8) is 0 Å². The van der Waals surface area contributed by atoms with E-state index in [1.165, 1.54) is 11.1 Å². The number of carbonyl (C=O) groups is 1. The van der Waals surface area contributed by atoms with Crippen LogP contribution in [-0.4, -0.2) is 25.2 Å². The molecule has 0 saturated heterocycles. The predicted octanol–water partition coefficient (Wildman–Crippen LogP) is 3.27. The van der Waals surface area contributed by atoms with Crippen molar-refractivity contribution >= 4 is 5.91 Å². The van der Waals surface area contributed by atoms with Crippen LogP contribution >= 0.6 is 0 Å². The first kappa shape index (κ1) is 16.9. The number of nitrogens with one attached hydrogen (secondary N) is 1. The molecule has 23 heavy (non-hydrogen) atoms. The van der Waals surface area contributed by atoms with Gasteiger partial charge in [-0.25, -0.2) is 0 Å². The molecule has 0 saturated carbocycles. The molecule has 0 aromatic heterocycles. The van der Waals surface area contributed by atoms with Crippen molar-refractivity contribution in [3.8, 4) is 11.5 Å². The number of aryl methyl sites for hydroxylation is 2. The summed E-state index contributed by atoms with van der Waals surface area (Å²) in [6.07, 6.45) is -0.543. The van der Waals surface area contributed by atoms with E-state index in [-0.39, 0.29) is 5.91 Å². The second-order valence-corrected chi connectivity index (χ2v) is 5.46. The van der Waals surface area contributed by atoms with Crippen LogP contribution in [0.1, 0.15) is 18.1 Å². The Morgan fingerprint density at radius 3 is 2.48 bits per heavy atom. The first-order chi connectivity index (χ1) is 11.1. The zero-order valence-electron chi connectivity index (χ0n) is 13.8. The SMILES string of the molecule is Cc1ccc(OCCNC(=O)[C@@H](C)Oc2ccccc2)cc1C. The average Bonchev–Trinajstić information content (AvgIpc) is 2.55. The van der Waals surface area contributed by atoms with Gasteiger partial charge in [-0.15, -0.1) is 0 Å². The normalized spacial score (nSPS) is 11.6. The lowest BCUT2D eigenvalue weighted by Crippen LogP contribution is -2.38. The largest absolute Gasteiger partial charge is 0.492 e. The summed E-state index contributed by atoms with van der Waals surface area (Å²) in [5.74, 6) is 1.34. The standard InChI is InChI=1S/C19H23NO3/c1-14-9-10-18(13-15(14)2)22-12-11-20-19(21)16(3)23-17-7-5-4-6-8-17/h4-10,13,16H,11-12H2,1-3H3,(H,20,21)/t16-/m1/s1. The molecule has 0 unspecified atom stereocenters. The lowest BCUT2D eigenvalue weighted by atomic mass is 10.1. The molecule has 0 radical (unpaired) electrons. The summed E-state index contributed by atoms with van der Waals surface area (Å²) in [7, 11) is 0. The number of hydrogen-bond donors (Lipinski definition) is 1. The molecule has 0 spiro atoms. The van der Waals surface area contributed by atoms with Gasteiger partial charge in [-0.2, -0.15) is 0 Å². The van der Waals surface area contributed by atoms with E-state index in [4.69, 9.17) is 9.47 Å². The summed E-state index contributed by atoms with van der Waals surface area (Å²) in [6.45, 7) is 6.70. The van der Waals surface area contributed by atoms with Gasteiger partial charge in [0.2, 0.25) is 0 Å². The predicted molar refractivity (Wildman–Crippen MR) is 91.0 cm³/mol. The fraction of sp³-hybridized carbons (Fsp3) is 0.316. The molecule has 0 heterocycles. The maximum absolute atomic E-state index is 12.0. The zero-order valence-corrected chi connectivity index (χ0v) is 13.8. The van der Waals surface area contributed by atoms with Crippen molar-refractivity contribution in [1.29, 1.82) is 0 Å². The molecule has 4 heteroatoms. The van der Waals surface area contributed by atoms with Crippen LogP contribution < -0.4 is 14.8 Å². The minimum atomic E-state index is -0.543. The first-order valence-corrected chi connectivity index (χ1v) is 7.76. The van der Waals surface area contributed by atoms with Crippen LogP contribution in [0, 0.1) is 13.8 Å². The van der Waals surface area contributed by atoms with E-state index in [0.29, 0.717) is 18.9 Å². The van der Waals surface area contributed by atoms with E-state index in [9.17, 15) is 4.79 Å². The molecule has 4 nitrogen and oxygen atoms in total. The van der Waals surface area contributed by atoms with E-state index in [1.54, 1.807) is 6.92 Å². The van der Waals surface area contributed by atoms with Crippen molar-refractivity contribution in [2.24, 2.45) is 0 Å². The molecule has 2 aromatic carbocycles. The van der Waals surface area contributed by atoms with Gasteiger partial charge in [0, 0.05) is 0 Å². The molecule has 2 aromatic rings. The fourth-order valence-corrected chi connectivity index (χ4v) is 2.05. The molecular formula is C19H23NO3. The van der Waals surface area contributed by atoms with Gasteiger partial charge in [0.25, 0.3) is 5.91 Å². The van der Waals surface area contributed by atoms with E-state index in [1.807, 2.05) is 55.5 Å². The van der Waals surface area contributed by atoms with Crippen molar-refractivity contribution in [2.45, 2.75) is 26.9 Å². The van der Waals surface area contributed by atoms with E-state index in [0.717, 1.165) is 5.75 Å². The monoisotopic (exact) mass is 313 g/mol. The lowest BCUT2D eigenvalue weighted by molar-refractivity contribution is -0.127. The summed E-state index contributed by atoms with van der Waals surface area (Å²) in [5, 5.41) is 2.81. The third-order valence-electron chi connectivity index (χ3n) is 3.57. The van der Waals surface area contributed by atoms with Crippen LogP contribution in [0.5, 0.6) is 11.5 Å². The molecular weight excluding hydrogens is 290 g/mol. The summed E-state index contributed by atoms with van der Waals surface area (Å²) < 4.78 is 11.2. The number of para-hydroxylation sites is 1. The fourth-order valence-electron chi connectivity index (χ4n) is 2.05. The van der Waals surface area contributed by atoms with Gasteiger partial charge in [0.15, 0.2) is 6.10 Å². The molecule has 2 rings (SSSR count). The molecule has 1 atom stereocenters. The molecule has 1 N–H and O–H groups in total. The van der Waals surface area contributed by atoms with E-state index < -0.39 is 6.10 Å². The lowest BCUT2D eigenvalue weighted by Gasteiger charge is -2.15. The van der Waals surface area contributed by atoms with Crippen molar-refractivity contribution in [2.75, 3.05) is 13.2 Å². The molecule has 0 aliphatic rings. The van der Waals surface area contributed by atoms with Gasteiger partial charge in [0.05, 0.1) is 6.54 Å². The highest BCUT2D eigenvalue weighted by Crippen LogP contribution is 2.16. The third kappa shape index (κ3) is 5.33. The Bertz CT molecular complexity index is 640. The molecule has 1 amide bonds. The van der Waals surface area contributed by atoms with Gasteiger partial charge in [-0.05, 0) is 56.2 Å². The Balaban J connectivity index is 1.71. The Kier molecular flexibility index (Phi) is 6.03. The van der Waals surface area contributed by atoms with Gasteiger partial charge >= 0.3 is 0 Å². The Hall–Kier alpha value is -2.49. The van der Waals surface area contributed by atoms with Crippen LogP contribution in [0.25, 0.3) is 0 Å². The smallest absolute Gasteiger partial charge is 0.260 e. The third-order valence-corrected chi connectivity index (χ3v) is 3.57. The number of rotatable bonds is 7. The summed E-state index contributed by atoms with van der Waals surface area (Å²) in [4.78, 5) is 12.0. The average molecular weight is 313 g/mol. The maximum atomic E-state index is 12.0. The van der Waals surface area contributed by atoms with Gasteiger partial charge < -0.3 is 14.8 Å². The molecule has 0 aliphatic heterocycles. The van der Waals surface area contributed by atoms with E-state index in [2.05, 4.69) is 12.2 Å². The minimum absolute atomic E-state index is 0.155. The van der Waals surface area contributed by atoms with Crippen LogP contribution in [0.3, 0.4) is 0 Å². The number of benzene rings is 2. The minimum Gasteiger partial charge on any atom is -0.492 e. The van der Waals surface area contributed by atoms with Gasteiger partial charge in [-0.3, -0.25) is 4.79 Å². The highest BCUT2D eigenvalue weighted by atomic mass is 16.5. The van der Waals surface area contributed by atoms with Crippen LogP contribution in [-0.2, 0) is 4.79 Å². The molecule has 122 valence electrons. The van der Waals surface area contributed by atoms with Gasteiger partial charge in [-0.1, -0.05) is 24.3 Å². The number of carbonyl (C=O) groups excluding carboxylic acids is 1. The van der Waals surface area contributed by atoms with Crippen LogP contribution in [0.15, 0.2) is 48.5 Å². The second kappa shape index (κ2) is 8.22. The Labute approximate surface area is 137 Å². The second-order valence-electron chi connectivity index (χ2n) is 5.46. The number of amides is 1. The van der Waals surface area contributed by atoms with Crippen molar-refractivity contribution in [1.82, 2.24) is 5.32 Å². The molecule has 0 aliphatic carbocycles. The van der Waals surface area contributed by atoms with E-state index >= 15 is 0 Å². The highest BCUT2D eigenvalue weighted by molar-refractivity contribution is 5.80. The quantitative estimate of drug-likeness (QED) is 0.798. The Morgan fingerprint density at radius 2 is 1.78 bits per heavy atom. The summed E-state index contributed by atoms with van der Waals surface area (Å²) >= 11 is 0.